The summed E-state index contributed by atoms with van der Waals surface area (Å²) in [6.07, 6.45) is -4.80. The number of nitrogens with zero attached hydrogens (tertiary/aromatic N) is 1. The number of halogens is 3. The summed E-state index contributed by atoms with van der Waals surface area (Å²) in [5.41, 5.74) is 0.830. The van der Waals surface area contributed by atoms with Gasteiger partial charge in [-0.25, -0.2) is 12.7 Å². The maximum Gasteiger partial charge on any atom is 0.573 e. The van der Waals surface area contributed by atoms with Crippen LogP contribution in [0.1, 0.15) is 28.9 Å². The van der Waals surface area contributed by atoms with Crippen molar-refractivity contribution in [3.05, 3.63) is 59.7 Å². The highest BCUT2D eigenvalue weighted by molar-refractivity contribution is 7.89. The Morgan fingerprint density at radius 3 is 2.04 bits per heavy atom. The molecule has 0 aromatic heterocycles. The maximum absolute atomic E-state index is 12.3. The number of ether oxygens (including phenoxy) is 1. The van der Waals surface area contributed by atoms with Gasteiger partial charge in [-0.15, -0.1) is 13.2 Å². The molecule has 1 atom stereocenters. The summed E-state index contributed by atoms with van der Waals surface area (Å²) < 4.78 is 65.5. The molecule has 0 radical (unpaired) electrons. The smallest absolute Gasteiger partial charge is 0.406 e. The lowest BCUT2D eigenvalue weighted by Gasteiger charge is -2.16. The highest BCUT2D eigenvalue weighted by Gasteiger charge is 2.31. The molecule has 2 rings (SSSR count). The normalized spacial score (nSPS) is 13.2. The number of sulfonamides is 1. The fourth-order valence-electron chi connectivity index (χ4n) is 2.31. The van der Waals surface area contributed by atoms with Crippen molar-refractivity contribution in [3.8, 4) is 5.75 Å². The summed E-state index contributed by atoms with van der Waals surface area (Å²) >= 11 is 0. The van der Waals surface area contributed by atoms with E-state index in [-0.39, 0.29) is 10.5 Å². The average molecular weight is 416 g/mol. The molecule has 0 fully saturated rings. The number of alkyl halides is 3. The van der Waals surface area contributed by atoms with E-state index < -0.39 is 34.1 Å². The van der Waals surface area contributed by atoms with Crippen molar-refractivity contribution in [1.82, 2.24) is 9.62 Å². The fourth-order valence-corrected chi connectivity index (χ4v) is 3.21. The number of carbonyl (C=O) groups is 1. The standard InChI is InChI=1S/C18H19F3N2O4S/c1-12(13-6-10-16(11-7-13)28(25,26)23(2)3)22-17(24)14-4-8-15(9-5-14)27-18(19,20)21/h4-12H,1-3H3,(H,22,24). The second-order valence-electron chi connectivity index (χ2n) is 6.12. The molecule has 0 bridgehead atoms. The highest BCUT2D eigenvalue weighted by Crippen LogP contribution is 2.23. The summed E-state index contributed by atoms with van der Waals surface area (Å²) in [5.74, 6) is -0.911. The van der Waals surface area contributed by atoms with E-state index in [1.54, 1.807) is 19.1 Å². The molecule has 0 aliphatic heterocycles. The topological polar surface area (TPSA) is 75.7 Å². The summed E-state index contributed by atoms with van der Waals surface area (Å²) in [6.45, 7) is 1.70. The minimum absolute atomic E-state index is 0.125. The van der Waals surface area contributed by atoms with Crippen LogP contribution < -0.4 is 10.1 Å². The Morgan fingerprint density at radius 2 is 1.57 bits per heavy atom. The Balaban J connectivity index is 2.06. The van der Waals surface area contributed by atoms with E-state index in [1.807, 2.05) is 0 Å². The molecule has 1 unspecified atom stereocenters. The van der Waals surface area contributed by atoms with Crippen molar-refractivity contribution >= 4 is 15.9 Å². The van der Waals surface area contributed by atoms with Gasteiger partial charge in [0.05, 0.1) is 10.9 Å². The van der Waals surface area contributed by atoms with E-state index in [9.17, 15) is 26.4 Å². The van der Waals surface area contributed by atoms with Gasteiger partial charge in [0.25, 0.3) is 5.91 Å². The van der Waals surface area contributed by atoms with Crippen LogP contribution in [0.15, 0.2) is 53.4 Å². The van der Waals surface area contributed by atoms with Crippen LogP contribution in [0, 0.1) is 0 Å². The third kappa shape index (κ3) is 5.46. The molecule has 0 saturated carbocycles. The first kappa shape index (κ1) is 21.7. The first-order chi connectivity index (χ1) is 12.9. The van der Waals surface area contributed by atoms with Crippen LogP contribution in [0.25, 0.3) is 0 Å². The van der Waals surface area contributed by atoms with Gasteiger partial charge < -0.3 is 10.1 Å². The number of hydrogen-bond donors (Lipinski definition) is 1. The number of amides is 1. The van der Waals surface area contributed by atoms with E-state index in [1.165, 1.54) is 38.4 Å². The van der Waals surface area contributed by atoms with Crippen molar-refractivity contribution in [2.75, 3.05) is 14.1 Å². The van der Waals surface area contributed by atoms with Crippen LogP contribution in [-0.4, -0.2) is 39.1 Å². The molecule has 0 aliphatic carbocycles. The van der Waals surface area contributed by atoms with E-state index in [2.05, 4.69) is 10.1 Å². The second-order valence-corrected chi connectivity index (χ2v) is 8.28. The van der Waals surface area contributed by atoms with E-state index in [0.717, 1.165) is 16.4 Å². The zero-order valence-corrected chi connectivity index (χ0v) is 16.1. The number of carbonyl (C=O) groups excluding carboxylic acids is 1. The molecule has 28 heavy (non-hydrogen) atoms. The second kappa shape index (κ2) is 8.19. The Bertz CT molecular complexity index is 925. The molecule has 0 saturated heterocycles. The third-order valence-corrected chi connectivity index (χ3v) is 5.69. The van der Waals surface area contributed by atoms with Crippen molar-refractivity contribution < 1.29 is 31.1 Å². The largest absolute Gasteiger partial charge is 0.573 e. The van der Waals surface area contributed by atoms with Crippen molar-refractivity contribution in [1.29, 1.82) is 0 Å². The van der Waals surface area contributed by atoms with Gasteiger partial charge in [-0.1, -0.05) is 12.1 Å². The maximum atomic E-state index is 12.3. The molecule has 0 spiro atoms. The monoisotopic (exact) mass is 416 g/mol. The van der Waals surface area contributed by atoms with Gasteiger partial charge in [-0.05, 0) is 48.9 Å². The molecule has 0 heterocycles. The van der Waals surface area contributed by atoms with Gasteiger partial charge in [-0.3, -0.25) is 4.79 Å². The van der Waals surface area contributed by atoms with E-state index in [0.29, 0.717) is 5.56 Å². The fraction of sp³-hybridized carbons (Fsp3) is 0.278. The lowest BCUT2D eigenvalue weighted by atomic mass is 10.1. The van der Waals surface area contributed by atoms with Gasteiger partial charge in [0.2, 0.25) is 10.0 Å². The zero-order chi connectivity index (χ0) is 21.1. The zero-order valence-electron chi connectivity index (χ0n) is 15.3. The van der Waals surface area contributed by atoms with Gasteiger partial charge >= 0.3 is 6.36 Å². The van der Waals surface area contributed by atoms with Gasteiger partial charge in [0, 0.05) is 19.7 Å². The molecule has 2 aromatic rings. The molecule has 10 heteroatoms. The minimum Gasteiger partial charge on any atom is -0.406 e. The molecular weight excluding hydrogens is 397 g/mol. The number of hydrogen-bond acceptors (Lipinski definition) is 4. The van der Waals surface area contributed by atoms with Gasteiger partial charge in [0.15, 0.2) is 0 Å². The van der Waals surface area contributed by atoms with Crippen molar-refractivity contribution in [3.63, 3.8) is 0 Å². The Hall–Kier alpha value is -2.59. The van der Waals surface area contributed by atoms with Crippen molar-refractivity contribution in [2.24, 2.45) is 0 Å². The SMILES string of the molecule is CC(NC(=O)c1ccc(OC(F)(F)F)cc1)c1ccc(S(=O)(=O)N(C)C)cc1. The van der Waals surface area contributed by atoms with E-state index in [4.69, 9.17) is 0 Å². The summed E-state index contributed by atoms with van der Waals surface area (Å²) in [5, 5.41) is 2.70. The quantitative estimate of drug-likeness (QED) is 0.784. The first-order valence-corrected chi connectivity index (χ1v) is 9.53. The van der Waals surface area contributed by atoms with Gasteiger partial charge in [0.1, 0.15) is 5.75 Å². The Labute approximate surface area is 161 Å². The Morgan fingerprint density at radius 1 is 1.04 bits per heavy atom. The number of rotatable bonds is 6. The molecule has 1 N–H and O–H groups in total. The van der Waals surface area contributed by atoms with Crippen molar-refractivity contribution in [2.45, 2.75) is 24.2 Å². The highest BCUT2D eigenvalue weighted by atomic mass is 32.2. The molecule has 152 valence electrons. The summed E-state index contributed by atoms with van der Waals surface area (Å²) in [6, 6.07) is 10.1. The summed E-state index contributed by atoms with van der Waals surface area (Å²) in [7, 11) is -0.693. The minimum atomic E-state index is -4.80. The molecule has 1 amide bonds. The lowest BCUT2D eigenvalue weighted by Crippen LogP contribution is -2.27. The van der Waals surface area contributed by atoms with Crippen LogP contribution >= 0.6 is 0 Å². The summed E-state index contributed by atoms with van der Waals surface area (Å²) in [4.78, 5) is 12.4. The number of nitrogens with one attached hydrogen (secondary N) is 1. The van der Waals surface area contributed by atoms with Crippen LogP contribution in [0.2, 0.25) is 0 Å². The molecular formula is C18H19F3N2O4S. The van der Waals surface area contributed by atoms with Gasteiger partial charge in [-0.2, -0.15) is 0 Å². The van der Waals surface area contributed by atoms with Crippen LogP contribution in [0.5, 0.6) is 5.75 Å². The predicted molar refractivity (Wildman–Crippen MR) is 96.3 cm³/mol. The predicted octanol–water partition coefficient (Wildman–Crippen LogP) is 3.33. The molecule has 6 nitrogen and oxygen atoms in total. The molecule has 2 aromatic carbocycles. The Kier molecular flexibility index (Phi) is 6.35. The average Bonchev–Trinajstić information content (AvgIpc) is 2.60. The molecule has 0 aliphatic rings. The van der Waals surface area contributed by atoms with Crippen LogP contribution in [-0.2, 0) is 10.0 Å². The third-order valence-electron chi connectivity index (χ3n) is 3.86. The van der Waals surface area contributed by atoms with Crippen LogP contribution in [0.4, 0.5) is 13.2 Å². The first-order valence-electron chi connectivity index (χ1n) is 8.09. The van der Waals surface area contributed by atoms with Crippen LogP contribution in [0.3, 0.4) is 0 Å². The lowest BCUT2D eigenvalue weighted by molar-refractivity contribution is -0.274. The van der Waals surface area contributed by atoms with E-state index >= 15 is 0 Å². The number of benzene rings is 2.